The smallest absolute Gasteiger partial charge is 0.143 e. The number of para-hydroxylation sites is 2. The molecule has 0 amide bonds. The first kappa shape index (κ1) is 35.2. The van der Waals surface area contributed by atoms with Crippen molar-refractivity contribution >= 4 is 49.8 Å². The molecular formula is C58H39NO. The zero-order valence-electron chi connectivity index (χ0n) is 32.9. The molecule has 10 aromatic carbocycles. The molecule has 0 saturated carbocycles. The minimum absolute atomic E-state index is 0.884. The summed E-state index contributed by atoms with van der Waals surface area (Å²) in [4.78, 5) is 2.41. The summed E-state index contributed by atoms with van der Waals surface area (Å²) in [6.45, 7) is 0. The van der Waals surface area contributed by atoms with Crippen molar-refractivity contribution in [1.82, 2.24) is 0 Å². The largest absolute Gasteiger partial charge is 0.455 e. The second-order valence-electron chi connectivity index (χ2n) is 15.2. The average Bonchev–Trinajstić information content (AvgIpc) is 3.72. The SMILES string of the molecule is c1ccc(-c2ccc(N(c3ccc(-c4cccc5ccccc45)cc3)c3cccc(-c4cccc5c4oc4ccccc45)c3-c3cccc(-c4ccccc4)c3)cc2)cc1. The molecule has 0 aliphatic heterocycles. The lowest BCUT2D eigenvalue weighted by atomic mass is 9.89. The Balaban J connectivity index is 1.15. The van der Waals surface area contributed by atoms with Crippen LogP contribution in [-0.2, 0) is 0 Å². The highest BCUT2D eigenvalue weighted by atomic mass is 16.3. The molecule has 0 aliphatic carbocycles. The Morgan fingerprint density at radius 2 is 0.800 bits per heavy atom. The van der Waals surface area contributed by atoms with Gasteiger partial charge in [-0.05, 0) is 97.7 Å². The van der Waals surface area contributed by atoms with E-state index in [1.54, 1.807) is 0 Å². The average molecular weight is 766 g/mol. The number of rotatable bonds is 8. The summed E-state index contributed by atoms with van der Waals surface area (Å²) in [5, 5.41) is 4.70. The van der Waals surface area contributed by atoms with Gasteiger partial charge in [0.25, 0.3) is 0 Å². The van der Waals surface area contributed by atoms with Gasteiger partial charge in [-0.1, -0.05) is 194 Å². The summed E-state index contributed by atoms with van der Waals surface area (Å²) in [6, 6.07) is 84.9. The quantitative estimate of drug-likeness (QED) is 0.153. The van der Waals surface area contributed by atoms with Gasteiger partial charge >= 0.3 is 0 Å². The number of hydrogen-bond donors (Lipinski definition) is 0. The van der Waals surface area contributed by atoms with Crippen LogP contribution in [0.4, 0.5) is 17.1 Å². The van der Waals surface area contributed by atoms with Crippen molar-refractivity contribution in [2.24, 2.45) is 0 Å². The molecule has 0 unspecified atom stereocenters. The van der Waals surface area contributed by atoms with Gasteiger partial charge in [0.05, 0.1) is 5.69 Å². The van der Waals surface area contributed by atoms with E-state index in [1.807, 2.05) is 6.07 Å². The summed E-state index contributed by atoms with van der Waals surface area (Å²) >= 11 is 0. The van der Waals surface area contributed by atoms with Gasteiger partial charge in [-0.15, -0.1) is 0 Å². The zero-order chi connectivity index (χ0) is 39.8. The van der Waals surface area contributed by atoms with E-state index in [-0.39, 0.29) is 0 Å². The van der Waals surface area contributed by atoms with Crippen molar-refractivity contribution in [3.05, 3.63) is 237 Å². The lowest BCUT2D eigenvalue weighted by Crippen LogP contribution is -2.12. The maximum Gasteiger partial charge on any atom is 0.143 e. The second-order valence-corrected chi connectivity index (χ2v) is 15.2. The van der Waals surface area contributed by atoms with Crippen LogP contribution in [0.2, 0.25) is 0 Å². The standard InChI is InChI=1S/C58H39NO/c1-3-15-40(16-4-1)42-31-35-47(36-32-42)59(48-37-33-44(34-38-48)50-25-12-20-43-19-7-8-23-49(43)50)55-29-14-26-52(54-28-13-27-53-51-24-9-10-30-56(51)60-58(53)54)57(55)46-22-11-21-45(39-46)41-17-5-2-6-18-41/h1-39H. The minimum Gasteiger partial charge on any atom is -0.455 e. The predicted molar refractivity (Wildman–Crippen MR) is 253 cm³/mol. The van der Waals surface area contributed by atoms with E-state index in [0.29, 0.717) is 0 Å². The number of furan rings is 1. The Morgan fingerprint density at radius 3 is 1.57 bits per heavy atom. The maximum absolute atomic E-state index is 6.72. The highest BCUT2D eigenvalue weighted by Gasteiger charge is 2.23. The van der Waals surface area contributed by atoms with E-state index in [0.717, 1.165) is 66.8 Å². The van der Waals surface area contributed by atoms with Gasteiger partial charge in [0.1, 0.15) is 11.2 Å². The van der Waals surface area contributed by atoms with Crippen molar-refractivity contribution in [3.8, 4) is 55.6 Å². The van der Waals surface area contributed by atoms with Crippen LogP contribution in [0.25, 0.3) is 88.3 Å². The Hall–Kier alpha value is -7.94. The monoisotopic (exact) mass is 765 g/mol. The van der Waals surface area contributed by atoms with Crippen molar-refractivity contribution in [2.75, 3.05) is 4.90 Å². The fourth-order valence-corrected chi connectivity index (χ4v) is 8.83. The molecule has 0 radical (unpaired) electrons. The van der Waals surface area contributed by atoms with Crippen molar-refractivity contribution in [3.63, 3.8) is 0 Å². The number of anilines is 3. The number of fused-ring (bicyclic) bond motifs is 4. The first-order valence-corrected chi connectivity index (χ1v) is 20.5. The third-order valence-corrected chi connectivity index (χ3v) is 11.7. The number of hydrogen-bond acceptors (Lipinski definition) is 2. The van der Waals surface area contributed by atoms with Crippen LogP contribution in [0.1, 0.15) is 0 Å². The van der Waals surface area contributed by atoms with Crippen LogP contribution in [0.5, 0.6) is 0 Å². The summed E-state index contributed by atoms with van der Waals surface area (Å²) in [5.41, 5.74) is 16.4. The molecule has 2 heteroatoms. The van der Waals surface area contributed by atoms with Gasteiger partial charge in [0, 0.05) is 33.3 Å². The molecule has 0 spiro atoms. The normalized spacial score (nSPS) is 11.3. The fraction of sp³-hybridized carbons (Fsp3) is 0. The Bertz CT molecular complexity index is 3290. The van der Waals surface area contributed by atoms with E-state index in [2.05, 4.69) is 235 Å². The fourth-order valence-electron chi connectivity index (χ4n) is 8.83. The second kappa shape index (κ2) is 15.1. The van der Waals surface area contributed by atoms with Crippen LogP contribution in [0.3, 0.4) is 0 Å². The lowest BCUT2D eigenvalue weighted by molar-refractivity contribution is 0.670. The first-order valence-electron chi connectivity index (χ1n) is 20.5. The van der Waals surface area contributed by atoms with E-state index >= 15 is 0 Å². The van der Waals surface area contributed by atoms with E-state index in [9.17, 15) is 0 Å². The molecular weight excluding hydrogens is 727 g/mol. The zero-order valence-corrected chi connectivity index (χ0v) is 32.9. The Morgan fingerprint density at radius 1 is 0.300 bits per heavy atom. The highest BCUT2D eigenvalue weighted by Crippen LogP contribution is 2.48. The molecule has 1 heterocycles. The van der Waals surface area contributed by atoms with Crippen LogP contribution in [-0.4, -0.2) is 0 Å². The predicted octanol–water partition coefficient (Wildman–Crippen LogP) is 16.5. The molecule has 11 rings (SSSR count). The molecule has 2 nitrogen and oxygen atoms in total. The molecule has 0 atom stereocenters. The van der Waals surface area contributed by atoms with Gasteiger partial charge in [0.15, 0.2) is 0 Å². The molecule has 282 valence electrons. The molecule has 0 saturated heterocycles. The lowest BCUT2D eigenvalue weighted by Gasteiger charge is -2.29. The highest BCUT2D eigenvalue weighted by molar-refractivity contribution is 6.12. The third kappa shape index (κ3) is 6.32. The number of nitrogens with zero attached hydrogens (tertiary/aromatic N) is 1. The molecule has 1 aromatic heterocycles. The summed E-state index contributed by atoms with van der Waals surface area (Å²) in [7, 11) is 0. The minimum atomic E-state index is 0.884. The van der Waals surface area contributed by atoms with Crippen LogP contribution in [0.15, 0.2) is 241 Å². The Kier molecular flexibility index (Phi) is 8.87. The van der Waals surface area contributed by atoms with E-state index < -0.39 is 0 Å². The van der Waals surface area contributed by atoms with Crippen molar-refractivity contribution in [2.45, 2.75) is 0 Å². The van der Waals surface area contributed by atoms with Crippen molar-refractivity contribution in [1.29, 1.82) is 0 Å². The summed E-state index contributed by atoms with van der Waals surface area (Å²) < 4.78 is 6.72. The first-order chi connectivity index (χ1) is 29.8. The Labute approximate surface area is 349 Å². The number of benzene rings is 10. The van der Waals surface area contributed by atoms with E-state index in [4.69, 9.17) is 4.42 Å². The van der Waals surface area contributed by atoms with Crippen molar-refractivity contribution < 1.29 is 4.42 Å². The van der Waals surface area contributed by atoms with Crippen LogP contribution < -0.4 is 4.90 Å². The van der Waals surface area contributed by atoms with Gasteiger partial charge in [-0.2, -0.15) is 0 Å². The van der Waals surface area contributed by atoms with Gasteiger partial charge in [-0.25, -0.2) is 0 Å². The molecule has 0 N–H and O–H groups in total. The van der Waals surface area contributed by atoms with Crippen LogP contribution in [0, 0.1) is 0 Å². The van der Waals surface area contributed by atoms with Crippen LogP contribution >= 0.6 is 0 Å². The molecule has 11 aromatic rings. The van der Waals surface area contributed by atoms with Gasteiger partial charge < -0.3 is 9.32 Å². The summed E-state index contributed by atoms with van der Waals surface area (Å²) in [6.07, 6.45) is 0. The van der Waals surface area contributed by atoms with E-state index in [1.165, 1.54) is 38.6 Å². The molecule has 0 bridgehead atoms. The van der Waals surface area contributed by atoms with Gasteiger partial charge in [-0.3, -0.25) is 0 Å². The molecule has 0 fully saturated rings. The van der Waals surface area contributed by atoms with Gasteiger partial charge in [0.2, 0.25) is 0 Å². The summed E-state index contributed by atoms with van der Waals surface area (Å²) in [5.74, 6) is 0. The maximum atomic E-state index is 6.72. The third-order valence-electron chi connectivity index (χ3n) is 11.7. The molecule has 0 aliphatic rings. The molecule has 60 heavy (non-hydrogen) atoms. The topological polar surface area (TPSA) is 16.4 Å².